The third kappa shape index (κ3) is 2.39. The van der Waals surface area contributed by atoms with Gasteiger partial charge in [0.2, 0.25) is 0 Å². The summed E-state index contributed by atoms with van der Waals surface area (Å²) in [6, 6.07) is 33.4. The van der Waals surface area contributed by atoms with Crippen LogP contribution in [0.15, 0.2) is 113 Å². The SMILES string of the molecule is O=c1c2ccccc2c2ccccc2c(=O)n1-c1ccc2ccc3cccc4ccc1c2c34. The molecule has 6 aromatic carbocycles. The van der Waals surface area contributed by atoms with E-state index in [2.05, 4.69) is 36.4 Å². The average Bonchev–Trinajstić information content (AvgIpc) is 2.96. The number of rotatable bonds is 1. The first-order valence-corrected chi connectivity index (χ1v) is 11.0. The fourth-order valence-corrected chi connectivity index (χ4v) is 5.28. The molecule has 7 rings (SSSR count). The van der Waals surface area contributed by atoms with Crippen LogP contribution in [0.25, 0.3) is 59.5 Å². The van der Waals surface area contributed by atoms with E-state index in [4.69, 9.17) is 0 Å². The predicted molar refractivity (Wildman–Crippen MR) is 137 cm³/mol. The quantitative estimate of drug-likeness (QED) is 0.287. The molecule has 0 N–H and O–H groups in total. The smallest absolute Gasteiger partial charge is 0.265 e. The van der Waals surface area contributed by atoms with Gasteiger partial charge in [0.1, 0.15) is 0 Å². The largest absolute Gasteiger partial charge is 0.268 e. The highest BCUT2D eigenvalue weighted by Crippen LogP contribution is 2.36. The van der Waals surface area contributed by atoms with E-state index in [-0.39, 0.29) is 11.1 Å². The zero-order chi connectivity index (χ0) is 22.1. The molecule has 3 heteroatoms. The summed E-state index contributed by atoms with van der Waals surface area (Å²) in [6.45, 7) is 0. The third-order valence-electron chi connectivity index (χ3n) is 6.76. The van der Waals surface area contributed by atoms with E-state index in [9.17, 15) is 9.59 Å². The highest BCUT2D eigenvalue weighted by atomic mass is 16.2. The van der Waals surface area contributed by atoms with Crippen LogP contribution in [0.3, 0.4) is 0 Å². The Morgan fingerprint density at radius 1 is 0.394 bits per heavy atom. The lowest BCUT2D eigenvalue weighted by Crippen LogP contribution is -2.28. The van der Waals surface area contributed by atoms with Crippen LogP contribution in [0.4, 0.5) is 0 Å². The molecule has 1 aromatic heterocycles. The van der Waals surface area contributed by atoms with E-state index in [0.29, 0.717) is 16.5 Å². The van der Waals surface area contributed by atoms with E-state index in [1.165, 1.54) is 4.57 Å². The average molecular weight is 423 g/mol. The Balaban J connectivity index is 1.76. The molecule has 0 aliphatic heterocycles. The zero-order valence-electron chi connectivity index (χ0n) is 17.6. The lowest BCUT2D eigenvalue weighted by Gasteiger charge is -2.14. The van der Waals surface area contributed by atoms with Crippen LogP contribution >= 0.6 is 0 Å². The van der Waals surface area contributed by atoms with E-state index < -0.39 is 0 Å². The van der Waals surface area contributed by atoms with Crippen molar-refractivity contribution in [2.24, 2.45) is 0 Å². The molecule has 154 valence electrons. The van der Waals surface area contributed by atoms with Crippen molar-refractivity contribution in [2.45, 2.75) is 0 Å². The van der Waals surface area contributed by atoms with Crippen molar-refractivity contribution in [1.29, 1.82) is 0 Å². The van der Waals surface area contributed by atoms with Crippen LogP contribution in [-0.2, 0) is 0 Å². The zero-order valence-corrected chi connectivity index (χ0v) is 17.6. The molecule has 0 aliphatic rings. The molecule has 7 aromatic rings. The van der Waals surface area contributed by atoms with Crippen LogP contribution < -0.4 is 11.1 Å². The van der Waals surface area contributed by atoms with Gasteiger partial charge in [0.15, 0.2) is 0 Å². The van der Waals surface area contributed by atoms with Crippen LogP contribution in [0, 0.1) is 0 Å². The second-order valence-corrected chi connectivity index (χ2v) is 8.48. The second-order valence-electron chi connectivity index (χ2n) is 8.48. The first-order valence-electron chi connectivity index (χ1n) is 11.0. The number of nitrogens with zero attached hydrogens (tertiary/aromatic N) is 1. The summed E-state index contributed by atoms with van der Waals surface area (Å²) in [5, 5.41) is 9.14. The molecule has 0 amide bonds. The van der Waals surface area contributed by atoms with Crippen molar-refractivity contribution in [3.05, 3.63) is 124 Å². The van der Waals surface area contributed by atoms with Gasteiger partial charge in [-0.25, -0.2) is 4.57 Å². The monoisotopic (exact) mass is 423 g/mol. The van der Waals surface area contributed by atoms with Crippen molar-refractivity contribution in [1.82, 2.24) is 4.57 Å². The van der Waals surface area contributed by atoms with Gasteiger partial charge in [-0.2, -0.15) is 0 Å². The maximum absolute atomic E-state index is 13.9. The standard InChI is InChI=1S/C30H17NO2/c32-29-23-10-3-1-8-21(23)22-9-2-4-11-24(22)30(33)31(29)26-17-15-20-13-12-18-6-5-7-19-14-16-25(26)28(20)27(18)19/h1-17H. The molecular formula is C30H17NO2. The number of hydrogen-bond acceptors (Lipinski definition) is 2. The molecule has 0 atom stereocenters. The molecule has 0 bridgehead atoms. The van der Waals surface area contributed by atoms with Gasteiger partial charge in [-0.05, 0) is 55.9 Å². The van der Waals surface area contributed by atoms with Crippen molar-refractivity contribution >= 4 is 53.9 Å². The van der Waals surface area contributed by atoms with Crippen LogP contribution in [0.1, 0.15) is 0 Å². The molecule has 0 aliphatic carbocycles. The Hall–Kier alpha value is -4.50. The fourth-order valence-electron chi connectivity index (χ4n) is 5.28. The van der Waals surface area contributed by atoms with Gasteiger partial charge in [0.25, 0.3) is 11.1 Å². The summed E-state index contributed by atoms with van der Waals surface area (Å²) >= 11 is 0. The van der Waals surface area contributed by atoms with Gasteiger partial charge in [-0.15, -0.1) is 0 Å². The Bertz CT molecular complexity index is 1930. The molecule has 1 heterocycles. The molecule has 0 fully saturated rings. The minimum absolute atomic E-state index is 0.304. The van der Waals surface area contributed by atoms with Gasteiger partial charge in [0, 0.05) is 16.2 Å². The first kappa shape index (κ1) is 18.1. The predicted octanol–water partition coefficient (Wildman–Crippen LogP) is 6.40. The van der Waals surface area contributed by atoms with E-state index in [1.807, 2.05) is 54.6 Å². The molecule has 33 heavy (non-hydrogen) atoms. The minimum atomic E-state index is -0.304. The number of aromatic nitrogens is 1. The third-order valence-corrected chi connectivity index (χ3v) is 6.76. The summed E-state index contributed by atoms with van der Waals surface area (Å²) in [5.41, 5.74) is 0.00549. The lowest BCUT2D eigenvalue weighted by atomic mass is 9.93. The highest BCUT2D eigenvalue weighted by Gasteiger charge is 2.16. The molecule has 0 saturated heterocycles. The number of benzene rings is 6. The maximum atomic E-state index is 13.9. The van der Waals surface area contributed by atoms with Gasteiger partial charge < -0.3 is 0 Å². The maximum Gasteiger partial charge on any atom is 0.265 e. The molecule has 3 nitrogen and oxygen atoms in total. The minimum Gasteiger partial charge on any atom is -0.268 e. The van der Waals surface area contributed by atoms with Crippen LogP contribution in [0.2, 0.25) is 0 Å². The van der Waals surface area contributed by atoms with E-state index in [0.717, 1.165) is 43.1 Å². The van der Waals surface area contributed by atoms with E-state index >= 15 is 0 Å². The van der Waals surface area contributed by atoms with Gasteiger partial charge >= 0.3 is 0 Å². The van der Waals surface area contributed by atoms with E-state index in [1.54, 1.807) is 12.1 Å². The Kier molecular flexibility index (Phi) is 3.57. The number of fused-ring (bicyclic) bond motifs is 3. The van der Waals surface area contributed by atoms with Crippen LogP contribution in [-0.4, -0.2) is 4.57 Å². The molecular weight excluding hydrogens is 406 g/mol. The molecule has 0 saturated carbocycles. The first-order chi connectivity index (χ1) is 16.2. The van der Waals surface area contributed by atoms with Gasteiger partial charge in [-0.3, -0.25) is 9.59 Å². The van der Waals surface area contributed by atoms with Crippen molar-refractivity contribution in [3.63, 3.8) is 0 Å². The number of hydrogen-bond donors (Lipinski definition) is 0. The van der Waals surface area contributed by atoms with Crippen molar-refractivity contribution in [3.8, 4) is 5.69 Å². The lowest BCUT2D eigenvalue weighted by molar-refractivity contribution is 0.986. The Morgan fingerprint density at radius 3 is 1.48 bits per heavy atom. The summed E-state index contributed by atoms with van der Waals surface area (Å²) in [4.78, 5) is 27.8. The Labute approximate surface area is 188 Å². The Morgan fingerprint density at radius 2 is 0.879 bits per heavy atom. The summed E-state index contributed by atoms with van der Waals surface area (Å²) in [7, 11) is 0. The van der Waals surface area contributed by atoms with Crippen molar-refractivity contribution in [2.75, 3.05) is 0 Å². The molecule has 0 spiro atoms. The summed E-state index contributed by atoms with van der Waals surface area (Å²) < 4.78 is 1.36. The van der Waals surface area contributed by atoms with Crippen molar-refractivity contribution < 1.29 is 0 Å². The summed E-state index contributed by atoms with van der Waals surface area (Å²) in [5.74, 6) is 0. The summed E-state index contributed by atoms with van der Waals surface area (Å²) in [6.07, 6.45) is 0. The van der Waals surface area contributed by atoms with Crippen LogP contribution in [0.5, 0.6) is 0 Å². The highest BCUT2D eigenvalue weighted by molar-refractivity contribution is 6.24. The normalized spacial score (nSPS) is 11.9. The second kappa shape index (κ2) is 6.50. The fraction of sp³-hybridized carbons (Fsp3) is 0. The molecule has 0 radical (unpaired) electrons. The molecule has 0 unspecified atom stereocenters. The van der Waals surface area contributed by atoms with Gasteiger partial charge in [0.05, 0.1) is 5.69 Å². The van der Waals surface area contributed by atoms with Gasteiger partial charge in [-0.1, -0.05) is 84.9 Å². The topological polar surface area (TPSA) is 39.1 Å².